The predicted octanol–water partition coefficient (Wildman–Crippen LogP) is 2.67. The van der Waals surface area contributed by atoms with E-state index in [-0.39, 0.29) is 5.56 Å². The summed E-state index contributed by atoms with van der Waals surface area (Å²) in [6.07, 6.45) is -0.793. The van der Waals surface area contributed by atoms with Gasteiger partial charge in [0.15, 0.2) is 6.10 Å². The molecule has 2 aromatic carbocycles. The van der Waals surface area contributed by atoms with Crippen LogP contribution in [0.1, 0.15) is 28.4 Å². The zero-order chi connectivity index (χ0) is 17.7. The Bertz CT molecular complexity index is 744. The van der Waals surface area contributed by atoms with E-state index in [9.17, 15) is 14.0 Å². The lowest BCUT2D eigenvalue weighted by Crippen LogP contribution is -2.47. The van der Waals surface area contributed by atoms with Crippen LogP contribution in [0.3, 0.4) is 0 Å². The number of hydrogen-bond acceptors (Lipinski definition) is 3. The molecule has 0 spiro atoms. The van der Waals surface area contributed by atoms with Gasteiger partial charge in [-0.05, 0) is 62.2 Å². The number of carbonyl (C=O) groups is 2. The molecule has 2 aromatic rings. The Morgan fingerprint density at radius 2 is 1.71 bits per heavy atom. The van der Waals surface area contributed by atoms with E-state index in [4.69, 9.17) is 4.74 Å². The Balaban J connectivity index is 1.91. The SMILES string of the molecule is Cc1cccc(OC(C)C(=O)NNC(=O)c2ccc(F)cc2)c1C. The molecule has 2 N–H and O–H groups in total. The summed E-state index contributed by atoms with van der Waals surface area (Å²) in [6, 6.07) is 10.6. The van der Waals surface area contributed by atoms with Gasteiger partial charge in [-0.15, -0.1) is 0 Å². The molecule has 0 fully saturated rings. The number of amides is 2. The van der Waals surface area contributed by atoms with Crippen LogP contribution >= 0.6 is 0 Å². The summed E-state index contributed by atoms with van der Waals surface area (Å²) in [5, 5.41) is 0. The van der Waals surface area contributed by atoms with Crippen molar-refractivity contribution in [2.75, 3.05) is 0 Å². The van der Waals surface area contributed by atoms with Crippen LogP contribution in [0.2, 0.25) is 0 Å². The summed E-state index contributed by atoms with van der Waals surface area (Å²) in [5.41, 5.74) is 6.81. The summed E-state index contributed by atoms with van der Waals surface area (Å²) < 4.78 is 18.4. The second kappa shape index (κ2) is 7.59. The molecule has 1 atom stereocenters. The Labute approximate surface area is 139 Å². The van der Waals surface area contributed by atoms with E-state index in [1.807, 2.05) is 26.0 Å². The van der Waals surface area contributed by atoms with Crippen molar-refractivity contribution < 1.29 is 18.7 Å². The van der Waals surface area contributed by atoms with Gasteiger partial charge in [0.2, 0.25) is 0 Å². The lowest BCUT2D eigenvalue weighted by atomic mass is 10.1. The standard InChI is InChI=1S/C18H19FN2O3/c1-11-5-4-6-16(12(11)2)24-13(3)17(22)20-21-18(23)14-7-9-15(19)10-8-14/h4-10,13H,1-3H3,(H,20,22)(H,21,23). The van der Waals surface area contributed by atoms with Crippen LogP contribution in [-0.2, 0) is 4.79 Å². The predicted molar refractivity (Wildman–Crippen MR) is 88.0 cm³/mol. The molecular weight excluding hydrogens is 311 g/mol. The summed E-state index contributed by atoms with van der Waals surface area (Å²) in [7, 11) is 0. The fourth-order valence-electron chi connectivity index (χ4n) is 1.99. The first-order valence-electron chi connectivity index (χ1n) is 7.47. The van der Waals surface area contributed by atoms with Gasteiger partial charge in [-0.3, -0.25) is 20.4 Å². The Hall–Kier alpha value is -2.89. The molecule has 0 radical (unpaired) electrons. The number of nitrogens with one attached hydrogen (secondary N) is 2. The van der Waals surface area contributed by atoms with Crippen molar-refractivity contribution in [3.05, 3.63) is 65.0 Å². The fraction of sp³-hybridized carbons (Fsp3) is 0.222. The van der Waals surface area contributed by atoms with E-state index >= 15 is 0 Å². The van der Waals surface area contributed by atoms with Gasteiger partial charge in [-0.1, -0.05) is 12.1 Å². The Morgan fingerprint density at radius 3 is 2.38 bits per heavy atom. The van der Waals surface area contributed by atoms with Gasteiger partial charge < -0.3 is 4.74 Å². The molecule has 0 aliphatic heterocycles. The van der Waals surface area contributed by atoms with Crippen molar-refractivity contribution in [1.82, 2.24) is 10.9 Å². The van der Waals surface area contributed by atoms with Crippen LogP contribution in [0.5, 0.6) is 5.75 Å². The molecule has 6 heteroatoms. The van der Waals surface area contributed by atoms with Crippen molar-refractivity contribution >= 4 is 11.8 Å². The first-order chi connectivity index (χ1) is 11.4. The van der Waals surface area contributed by atoms with Gasteiger partial charge in [0.25, 0.3) is 11.8 Å². The highest BCUT2D eigenvalue weighted by Crippen LogP contribution is 2.21. The average molecular weight is 330 g/mol. The third kappa shape index (κ3) is 4.32. The van der Waals surface area contributed by atoms with E-state index < -0.39 is 23.7 Å². The van der Waals surface area contributed by atoms with Crippen LogP contribution in [0.25, 0.3) is 0 Å². The van der Waals surface area contributed by atoms with Crippen molar-refractivity contribution in [1.29, 1.82) is 0 Å². The van der Waals surface area contributed by atoms with Crippen LogP contribution in [0.15, 0.2) is 42.5 Å². The molecule has 24 heavy (non-hydrogen) atoms. The molecule has 126 valence electrons. The number of hydrogen-bond donors (Lipinski definition) is 2. The van der Waals surface area contributed by atoms with E-state index in [1.54, 1.807) is 13.0 Å². The first-order valence-corrected chi connectivity index (χ1v) is 7.47. The number of rotatable bonds is 4. The van der Waals surface area contributed by atoms with Gasteiger partial charge in [-0.25, -0.2) is 4.39 Å². The van der Waals surface area contributed by atoms with Gasteiger partial charge in [-0.2, -0.15) is 0 Å². The van der Waals surface area contributed by atoms with Crippen molar-refractivity contribution in [2.24, 2.45) is 0 Å². The van der Waals surface area contributed by atoms with Gasteiger partial charge >= 0.3 is 0 Å². The minimum atomic E-state index is -0.793. The molecule has 1 unspecified atom stereocenters. The molecule has 0 bridgehead atoms. The highest BCUT2D eigenvalue weighted by Gasteiger charge is 2.17. The molecule has 2 rings (SSSR count). The molecule has 0 aromatic heterocycles. The number of carbonyl (C=O) groups excluding carboxylic acids is 2. The number of benzene rings is 2. The zero-order valence-corrected chi connectivity index (χ0v) is 13.7. The third-order valence-electron chi connectivity index (χ3n) is 3.63. The molecule has 0 saturated heterocycles. The minimum Gasteiger partial charge on any atom is -0.481 e. The first kappa shape index (κ1) is 17.5. The molecule has 5 nitrogen and oxygen atoms in total. The minimum absolute atomic E-state index is 0.236. The smallest absolute Gasteiger partial charge is 0.279 e. The van der Waals surface area contributed by atoms with Gasteiger partial charge in [0, 0.05) is 5.56 Å². The maximum absolute atomic E-state index is 12.8. The van der Waals surface area contributed by atoms with Crippen LogP contribution < -0.4 is 15.6 Å². The van der Waals surface area contributed by atoms with Crippen LogP contribution in [-0.4, -0.2) is 17.9 Å². The number of halogens is 1. The fourth-order valence-corrected chi connectivity index (χ4v) is 1.99. The lowest BCUT2D eigenvalue weighted by Gasteiger charge is -2.17. The quantitative estimate of drug-likeness (QED) is 0.847. The second-order valence-electron chi connectivity index (χ2n) is 5.41. The summed E-state index contributed by atoms with van der Waals surface area (Å²) in [5.74, 6) is -0.859. The van der Waals surface area contributed by atoms with E-state index in [2.05, 4.69) is 10.9 Å². The van der Waals surface area contributed by atoms with E-state index in [1.165, 1.54) is 24.3 Å². The Kier molecular flexibility index (Phi) is 5.52. The maximum atomic E-state index is 12.8. The number of ether oxygens (including phenoxy) is 1. The third-order valence-corrected chi connectivity index (χ3v) is 3.63. The van der Waals surface area contributed by atoms with Crippen molar-refractivity contribution in [3.8, 4) is 5.75 Å². The molecule has 0 aliphatic carbocycles. The number of aryl methyl sites for hydroxylation is 1. The normalized spacial score (nSPS) is 11.5. The Morgan fingerprint density at radius 1 is 1.04 bits per heavy atom. The summed E-state index contributed by atoms with van der Waals surface area (Å²) >= 11 is 0. The highest BCUT2D eigenvalue weighted by atomic mass is 19.1. The average Bonchev–Trinajstić information content (AvgIpc) is 2.57. The van der Waals surface area contributed by atoms with Crippen LogP contribution in [0.4, 0.5) is 4.39 Å². The lowest BCUT2D eigenvalue weighted by molar-refractivity contribution is -0.128. The number of hydrazine groups is 1. The summed E-state index contributed by atoms with van der Waals surface area (Å²) in [4.78, 5) is 23.9. The summed E-state index contributed by atoms with van der Waals surface area (Å²) in [6.45, 7) is 5.45. The van der Waals surface area contributed by atoms with Crippen molar-refractivity contribution in [2.45, 2.75) is 26.9 Å². The molecule has 0 saturated carbocycles. The van der Waals surface area contributed by atoms with E-state index in [0.717, 1.165) is 11.1 Å². The van der Waals surface area contributed by atoms with Crippen LogP contribution in [0, 0.1) is 19.7 Å². The van der Waals surface area contributed by atoms with Gasteiger partial charge in [0.1, 0.15) is 11.6 Å². The largest absolute Gasteiger partial charge is 0.481 e. The zero-order valence-electron chi connectivity index (χ0n) is 13.7. The van der Waals surface area contributed by atoms with Crippen molar-refractivity contribution in [3.63, 3.8) is 0 Å². The van der Waals surface area contributed by atoms with E-state index in [0.29, 0.717) is 5.75 Å². The maximum Gasteiger partial charge on any atom is 0.279 e. The second-order valence-corrected chi connectivity index (χ2v) is 5.41. The molecular formula is C18H19FN2O3. The molecule has 0 aliphatic rings. The van der Waals surface area contributed by atoms with Gasteiger partial charge in [0.05, 0.1) is 0 Å². The highest BCUT2D eigenvalue weighted by molar-refractivity contribution is 5.95. The monoisotopic (exact) mass is 330 g/mol. The molecule has 0 heterocycles. The molecule has 2 amide bonds. The topological polar surface area (TPSA) is 67.4 Å².